The van der Waals surface area contributed by atoms with Crippen LogP contribution in [0.25, 0.3) is 0 Å². The van der Waals surface area contributed by atoms with Crippen LogP contribution in [-0.2, 0) is 0 Å². The summed E-state index contributed by atoms with van der Waals surface area (Å²) in [5.41, 5.74) is 3.59. The van der Waals surface area contributed by atoms with Gasteiger partial charge in [0.25, 0.3) is 0 Å². The molecular formula is C20H8. The van der Waals surface area contributed by atoms with Crippen LogP contribution in [-0.4, -0.2) is 0 Å². The van der Waals surface area contributed by atoms with Gasteiger partial charge in [0.1, 0.15) is 0 Å². The highest BCUT2D eigenvalue weighted by atomic mass is 14.0. The molecule has 0 atom stereocenters. The van der Waals surface area contributed by atoms with Gasteiger partial charge in [-0.05, 0) is 47.9 Å². The van der Waals surface area contributed by atoms with E-state index >= 15 is 0 Å². The van der Waals surface area contributed by atoms with Crippen LogP contribution in [0.3, 0.4) is 0 Å². The van der Waals surface area contributed by atoms with E-state index in [0.717, 1.165) is 22.3 Å². The minimum Gasteiger partial charge on any atom is -0.0609 e. The van der Waals surface area contributed by atoms with Crippen molar-refractivity contribution in [1.82, 2.24) is 0 Å². The first-order chi connectivity index (χ1) is 9.93. The van der Waals surface area contributed by atoms with E-state index in [-0.39, 0.29) is 0 Å². The van der Waals surface area contributed by atoms with Crippen molar-refractivity contribution in [3.8, 4) is 47.4 Å². The molecule has 0 bridgehead atoms. The molecule has 0 aromatic heterocycles. The maximum absolute atomic E-state index is 3.17. The van der Waals surface area contributed by atoms with E-state index in [1.807, 2.05) is 48.5 Å². The average molecular weight is 248 g/mol. The van der Waals surface area contributed by atoms with E-state index in [4.69, 9.17) is 0 Å². The summed E-state index contributed by atoms with van der Waals surface area (Å²) >= 11 is 0. The van der Waals surface area contributed by atoms with Gasteiger partial charge < -0.3 is 0 Å². The second-order valence-corrected chi connectivity index (χ2v) is 4.09. The Labute approximate surface area is 118 Å². The molecule has 0 nitrogen and oxygen atoms in total. The molecular weight excluding hydrogens is 240 g/mol. The molecule has 0 unspecified atom stereocenters. The van der Waals surface area contributed by atoms with E-state index in [2.05, 4.69) is 47.4 Å². The van der Waals surface area contributed by atoms with Crippen molar-refractivity contribution in [3.63, 3.8) is 0 Å². The lowest BCUT2D eigenvalue weighted by atomic mass is 10.1. The highest BCUT2D eigenvalue weighted by Crippen LogP contribution is 2.09. The minimum atomic E-state index is 0.889. The summed E-state index contributed by atoms with van der Waals surface area (Å²) in [6.07, 6.45) is 0. The quantitative estimate of drug-likeness (QED) is 0.629. The van der Waals surface area contributed by atoms with Crippen molar-refractivity contribution in [3.05, 3.63) is 70.8 Å². The molecule has 2 aromatic carbocycles. The van der Waals surface area contributed by atoms with Crippen molar-refractivity contribution in [1.29, 1.82) is 0 Å². The van der Waals surface area contributed by atoms with Gasteiger partial charge in [-0.3, -0.25) is 0 Å². The Morgan fingerprint density at radius 3 is 1.15 bits per heavy atom. The Bertz CT molecular complexity index is 841. The van der Waals surface area contributed by atoms with Crippen molar-refractivity contribution >= 4 is 0 Å². The lowest BCUT2D eigenvalue weighted by Gasteiger charge is -1.97. The molecule has 1 aliphatic rings. The molecule has 0 heteroatoms. The predicted molar refractivity (Wildman–Crippen MR) is 80.4 cm³/mol. The van der Waals surface area contributed by atoms with Gasteiger partial charge >= 0.3 is 0 Å². The lowest BCUT2D eigenvalue weighted by Crippen LogP contribution is -1.85. The van der Waals surface area contributed by atoms with Crippen LogP contribution in [0.1, 0.15) is 22.3 Å². The Morgan fingerprint density at radius 2 is 0.750 bits per heavy atom. The van der Waals surface area contributed by atoms with E-state index in [1.54, 1.807) is 0 Å². The van der Waals surface area contributed by atoms with Crippen LogP contribution in [0.4, 0.5) is 0 Å². The van der Waals surface area contributed by atoms with E-state index in [9.17, 15) is 0 Å². The molecule has 0 saturated carbocycles. The molecule has 0 fully saturated rings. The molecule has 2 aromatic rings. The standard InChI is InChI=1S/C20H8/c1-2-4-10-18-12-6-8-14-20(18)16-15-19-13-7-5-11-17(19)9-3-1/h5-8,11-14H. The second kappa shape index (κ2) is 5.55. The summed E-state index contributed by atoms with van der Waals surface area (Å²) < 4.78 is 0. The molecule has 0 N–H and O–H groups in total. The zero-order valence-electron chi connectivity index (χ0n) is 10.6. The molecule has 0 radical (unpaired) electrons. The fraction of sp³-hybridized carbons (Fsp3) is 0. The highest BCUT2D eigenvalue weighted by Gasteiger charge is 1.97. The van der Waals surface area contributed by atoms with Gasteiger partial charge in [0.05, 0.1) is 0 Å². The first-order valence-corrected chi connectivity index (χ1v) is 6.15. The van der Waals surface area contributed by atoms with Crippen molar-refractivity contribution in [2.45, 2.75) is 0 Å². The number of hydrogen-bond acceptors (Lipinski definition) is 0. The summed E-state index contributed by atoms with van der Waals surface area (Å²) in [6.45, 7) is 0. The molecule has 1 aliphatic carbocycles. The Hall–Kier alpha value is -3.32. The number of fused-ring (bicyclic) bond motifs is 2. The van der Waals surface area contributed by atoms with E-state index in [1.165, 1.54) is 0 Å². The van der Waals surface area contributed by atoms with Gasteiger partial charge in [-0.25, -0.2) is 0 Å². The van der Waals surface area contributed by atoms with Gasteiger partial charge in [-0.2, -0.15) is 0 Å². The van der Waals surface area contributed by atoms with Crippen LogP contribution >= 0.6 is 0 Å². The lowest BCUT2D eigenvalue weighted by molar-refractivity contribution is 1.57. The van der Waals surface area contributed by atoms with E-state index in [0.29, 0.717) is 0 Å². The Kier molecular flexibility index (Phi) is 3.26. The van der Waals surface area contributed by atoms with Gasteiger partial charge in [-0.15, -0.1) is 0 Å². The van der Waals surface area contributed by atoms with E-state index < -0.39 is 0 Å². The van der Waals surface area contributed by atoms with Crippen LogP contribution in [0.2, 0.25) is 0 Å². The van der Waals surface area contributed by atoms with Crippen molar-refractivity contribution < 1.29 is 0 Å². The summed E-state index contributed by atoms with van der Waals surface area (Å²) in [6, 6.07) is 15.6. The molecule has 20 heavy (non-hydrogen) atoms. The molecule has 0 saturated heterocycles. The number of benzene rings is 2. The van der Waals surface area contributed by atoms with Crippen LogP contribution < -0.4 is 0 Å². The highest BCUT2D eigenvalue weighted by molar-refractivity contribution is 5.58. The summed E-state index contributed by atoms with van der Waals surface area (Å²) in [5.74, 6) is 23.4. The summed E-state index contributed by atoms with van der Waals surface area (Å²) in [5, 5.41) is 0. The third kappa shape index (κ3) is 2.57. The average Bonchev–Trinajstić information content (AvgIpc) is 2.49. The van der Waals surface area contributed by atoms with Crippen molar-refractivity contribution in [2.75, 3.05) is 0 Å². The maximum atomic E-state index is 3.17. The molecule has 0 aliphatic heterocycles. The Morgan fingerprint density at radius 1 is 0.400 bits per heavy atom. The Balaban J connectivity index is 2.24. The van der Waals surface area contributed by atoms with Gasteiger partial charge in [0.2, 0.25) is 0 Å². The zero-order valence-corrected chi connectivity index (χ0v) is 10.6. The monoisotopic (exact) mass is 248 g/mol. The number of hydrogen-bond donors (Lipinski definition) is 0. The van der Waals surface area contributed by atoms with Crippen LogP contribution in [0.5, 0.6) is 0 Å². The second-order valence-electron chi connectivity index (χ2n) is 4.09. The van der Waals surface area contributed by atoms with Crippen molar-refractivity contribution in [2.24, 2.45) is 0 Å². The summed E-state index contributed by atoms with van der Waals surface area (Å²) in [7, 11) is 0. The normalized spacial score (nSPS) is 10.0. The van der Waals surface area contributed by atoms with Gasteiger partial charge in [0, 0.05) is 22.3 Å². The molecule has 88 valence electrons. The predicted octanol–water partition coefficient (Wildman–Crippen LogP) is 2.81. The maximum Gasteiger partial charge on any atom is 0.0412 e. The third-order valence-corrected chi connectivity index (χ3v) is 2.77. The first kappa shape index (κ1) is 11.8. The third-order valence-electron chi connectivity index (χ3n) is 2.77. The fourth-order valence-corrected chi connectivity index (χ4v) is 1.80. The SMILES string of the molecule is C1#CC#Cc2ccccc2C#Cc2ccccc2C#C1. The summed E-state index contributed by atoms with van der Waals surface area (Å²) in [4.78, 5) is 0. The molecule has 0 heterocycles. The molecule has 0 amide bonds. The molecule has 3 rings (SSSR count). The molecule has 0 spiro atoms. The van der Waals surface area contributed by atoms with Crippen LogP contribution in [0.15, 0.2) is 48.5 Å². The van der Waals surface area contributed by atoms with Crippen LogP contribution in [0, 0.1) is 47.4 Å². The largest absolute Gasteiger partial charge is 0.0609 e. The zero-order chi connectivity index (χ0) is 13.6. The van der Waals surface area contributed by atoms with Gasteiger partial charge in [-0.1, -0.05) is 47.9 Å². The smallest absolute Gasteiger partial charge is 0.0412 e. The minimum absolute atomic E-state index is 0.889. The fourth-order valence-electron chi connectivity index (χ4n) is 1.80. The number of rotatable bonds is 0. The first-order valence-electron chi connectivity index (χ1n) is 6.15. The topological polar surface area (TPSA) is 0 Å². The van der Waals surface area contributed by atoms with Gasteiger partial charge in [0.15, 0.2) is 0 Å².